The molecule has 1 aromatic carbocycles. The van der Waals surface area contributed by atoms with Crippen LogP contribution in [0.25, 0.3) is 11.3 Å². The van der Waals surface area contributed by atoms with Crippen molar-refractivity contribution in [3.05, 3.63) is 41.8 Å². The molecule has 0 aliphatic carbocycles. The molecule has 0 saturated carbocycles. The number of hydrogen-bond donors (Lipinski definition) is 2. The van der Waals surface area contributed by atoms with Crippen LogP contribution >= 0.6 is 0 Å². The summed E-state index contributed by atoms with van der Waals surface area (Å²) in [5, 5.41) is 13.5. The Morgan fingerprint density at radius 2 is 2.05 bits per heavy atom. The number of rotatable bonds is 7. The number of nitrogens with zero attached hydrogens (tertiary/aromatic N) is 3. The van der Waals surface area contributed by atoms with E-state index in [0.717, 1.165) is 23.4 Å². The average molecular weight is 292 g/mol. The lowest BCUT2D eigenvalue weighted by molar-refractivity contribution is 0.269. The monoisotopic (exact) mass is 292 g/mol. The molecule has 0 saturated heterocycles. The Morgan fingerprint density at radius 1 is 1.33 bits per heavy atom. The first-order valence-corrected chi connectivity index (χ1v) is 6.95. The molecular weight excluding hydrogens is 271 g/mol. The highest BCUT2D eigenvalue weighted by atomic mass is 19.1. The molecule has 0 amide bonds. The fraction of sp³-hybridized carbons (Fsp3) is 0.400. The van der Waals surface area contributed by atoms with Crippen molar-refractivity contribution in [2.24, 2.45) is 5.73 Å². The molecule has 0 radical (unpaired) electrons. The molecule has 6 heteroatoms. The largest absolute Gasteiger partial charge is 0.394 e. The van der Waals surface area contributed by atoms with Crippen molar-refractivity contribution in [3.8, 4) is 11.3 Å². The zero-order valence-corrected chi connectivity index (χ0v) is 12.2. The number of likely N-dealkylation sites (N-methyl/N-ethyl adjacent to an activating group) is 1. The molecule has 1 aromatic heterocycles. The van der Waals surface area contributed by atoms with Gasteiger partial charge in [0.1, 0.15) is 5.82 Å². The van der Waals surface area contributed by atoms with Gasteiger partial charge in [0.2, 0.25) is 0 Å². The van der Waals surface area contributed by atoms with E-state index in [4.69, 9.17) is 10.8 Å². The highest BCUT2D eigenvalue weighted by Gasteiger charge is 2.13. The minimum Gasteiger partial charge on any atom is -0.394 e. The van der Waals surface area contributed by atoms with Gasteiger partial charge in [-0.25, -0.2) is 4.39 Å². The van der Waals surface area contributed by atoms with Crippen LogP contribution in [0.1, 0.15) is 5.56 Å². The fourth-order valence-corrected chi connectivity index (χ4v) is 2.24. The highest BCUT2D eigenvalue weighted by molar-refractivity contribution is 5.62. The fourth-order valence-electron chi connectivity index (χ4n) is 2.24. The third-order valence-electron chi connectivity index (χ3n) is 3.24. The van der Waals surface area contributed by atoms with Crippen LogP contribution in [0.4, 0.5) is 4.39 Å². The van der Waals surface area contributed by atoms with Crippen molar-refractivity contribution in [2.75, 3.05) is 26.7 Å². The first kappa shape index (κ1) is 15.6. The Labute approximate surface area is 123 Å². The summed E-state index contributed by atoms with van der Waals surface area (Å²) in [6.45, 7) is 2.55. The van der Waals surface area contributed by atoms with Gasteiger partial charge in [-0.2, -0.15) is 5.10 Å². The van der Waals surface area contributed by atoms with E-state index in [-0.39, 0.29) is 12.4 Å². The first-order valence-electron chi connectivity index (χ1n) is 6.95. The zero-order chi connectivity index (χ0) is 15.2. The molecule has 0 spiro atoms. The molecule has 0 fully saturated rings. The first-order chi connectivity index (χ1) is 10.1. The number of halogens is 1. The minimum atomic E-state index is -0.268. The van der Waals surface area contributed by atoms with Gasteiger partial charge in [-0.05, 0) is 31.3 Å². The number of aliphatic hydroxyl groups is 1. The van der Waals surface area contributed by atoms with E-state index < -0.39 is 0 Å². The molecule has 114 valence electrons. The summed E-state index contributed by atoms with van der Waals surface area (Å²) in [6, 6.07) is 6.28. The van der Waals surface area contributed by atoms with Crippen LogP contribution in [0.2, 0.25) is 0 Å². The van der Waals surface area contributed by atoms with Gasteiger partial charge in [-0.1, -0.05) is 0 Å². The second-order valence-corrected chi connectivity index (χ2v) is 5.02. The summed E-state index contributed by atoms with van der Waals surface area (Å²) in [5.41, 5.74) is 8.28. The highest BCUT2D eigenvalue weighted by Crippen LogP contribution is 2.23. The van der Waals surface area contributed by atoms with Gasteiger partial charge in [0.15, 0.2) is 0 Å². The third kappa shape index (κ3) is 4.10. The van der Waals surface area contributed by atoms with Crippen LogP contribution < -0.4 is 5.73 Å². The topological polar surface area (TPSA) is 67.3 Å². The third-order valence-corrected chi connectivity index (χ3v) is 3.24. The molecule has 21 heavy (non-hydrogen) atoms. The van der Waals surface area contributed by atoms with Gasteiger partial charge in [0.05, 0.1) is 18.8 Å². The zero-order valence-electron chi connectivity index (χ0n) is 12.2. The van der Waals surface area contributed by atoms with Crippen molar-refractivity contribution in [1.29, 1.82) is 0 Å². The molecule has 3 N–H and O–H groups in total. The van der Waals surface area contributed by atoms with Gasteiger partial charge in [-0.15, -0.1) is 0 Å². The Morgan fingerprint density at radius 3 is 2.67 bits per heavy atom. The molecule has 0 aliphatic rings. The number of nitrogens with two attached hydrogens (primary N) is 1. The second kappa shape index (κ2) is 7.31. The standard InChI is InChI=1S/C15H21FN4O/c1-19(7-6-17)10-13-11-20(8-9-21)18-15(13)12-2-4-14(16)5-3-12/h2-5,11,21H,6-10,17H2,1H3. The predicted molar refractivity (Wildman–Crippen MR) is 80.1 cm³/mol. The lowest BCUT2D eigenvalue weighted by atomic mass is 10.1. The van der Waals surface area contributed by atoms with Gasteiger partial charge in [-0.3, -0.25) is 4.68 Å². The maximum Gasteiger partial charge on any atom is 0.123 e. The molecule has 0 bridgehead atoms. The van der Waals surface area contributed by atoms with E-state index in [1.165, 1.54) is 12.1 Å². The summed E-state index contributed by atoms with van der Waals surface area (Å²) < 4.78 is 14.8. The van der Waals surface area contributed by atoms with Gasteiger partial charge in [0.25, 0.3) is 0 Å². The molecular formula is C15H21FN4O. The van der Waals surface area contributed by atoms with E-state index in [2.05, 4.69) is 10.00 Å². The minimum absolute atomic E-state index is 0.0304. The van der Waals surface area contributed by atoms with Crippen molar-refractivity contribution < 1.29 is 9.50 Å². The van der Waals surface area contributed by atoms with Crippen molar-refractivity contribution in [2.45, 2.75) is 13.1 Å². The van der Waals surface area contributed by atoms with Crippen molar-refractivity contribution in [1.82, 2.24) is 14.7 Å². The maximum absolute atomic E-state index is 13.1. The Kier molecular flexibility index (Phi) is 5.44. The maximum atomic E-state index is 13.1. The molecule has 0 aliphatic heterocycles. The Balaban J connectivity index is 2.30. The lowest BCUT2D eigenvalue weighted by Gasteiger charge is -2.15. The SMILES string of the molecule is CN(CCN)Cc1cn(CCO)nc1-c1ccc(F)cc1. The summed E-state index contributed by atoms with van der Waals surface area (Å²) in [7, 11) is 1.99. The van der Waals surface area contributed by atoms with Gasteiger partial charge < -0.3 is 15.7 Å². The van der Waals surface area contributed by atoms with E-state index in [0.29, 0.717) is 19.6 Å². The van der Waals surface area contributed by atoms with Crippen LogP contribution in [0.3, 0.4) is 0 Å². The van der Waals surface area contributed by atoms with Crippen LogP contribution in [0, 0.1) is 5.82 Å². The average Bonchev–Trinajstić information content (AvgIpc) is 2.83. The normalized spacial score (nSPS) is 11.3. The van der Waals surface area contributed by atoms with Gasteiger partial charge in [0, 0.05) is 37.0 Å². The molecule has 5 nitrogen and oxygen atoms in total. The number of aliphatic hydroxyl groups excluding tert-OH is 1. The predicted octanol–water partition coefficient (Wildman–Crippen LogP) is 1.07. The second-order valence-electron chi connectivity index (χ2n) is 5.02. The van der Waals surface area contributed by atoms with E-state index >= 15 is 0 Å². The van der Waals surface area contributed by atoms with Crippen molar-refractivity contribution in [3.63, 3.8) is 0 Å². The van der Waals surface area contributed by atoms with E-state index in [1.807, 2.05) is 13.2 Å². The number of aromatic nitrogens is 2. The van der Waals surface area contributed by atoms with Crippen LogP contribution in [0.5, 0.6) is 0 Å². The molecule has 0 atom stereocenters. The summed E-state index contributed by atoms with van der Waals surface area (Å²) in [6.07, 6.45) is 1.92. The summed E-state index contributed by atoms with van der Waals surface area (Å²) in [5.74, 6) is -0.268. The quantitative estimate of drug-likeness (QED) is 0.801. The summed E-state index contributed by atoms with van der Waals surface area (Å²) >= 11 is 0. The molecule has 0 unspecified atom stereocenters. The van der Waals surface area contributed by atoms with Crippen LogP contribution in [-0.2, 0) is 13.1 Å². The number of benzene rings is 1. The van der Waals surface area contributed by atoms with Crippen LogP contribution in [-0.4, -0.2) is 46.5 Å². The van der Waals surface area contributed by atoms with Crippen LogP contribution in [0.15, 0.2) is 30.5 Å². The Bertz CT molecular complexity index is 568. The number of hydrogen-bond acceptors (Lipinski definition) is 4. The summed E-state index contributed by atoms with van der Waals surface area (Å²) in [4.78, 5) is 2.10. The smallest absolute Gasteiger partial charge is 0.123 e. The van der Waals surface area contributed by atoms with E-state index in [9.17, 15) is 4.39 Å². The molecule has 1 heterocycles. The molecule has 2 aromatic rings. The Hall–Kier alpha value is -1.76. The molecule has 2 rings (SSSR count). The lowest BCUT2D eigenvalue weighted by Crippen LogP contribution is -2.25. The van der Waals surface area contributed by atoms with E-state index in [1.54, 1.807) is 16.8 Å². The van der Waals surface area contributed by atoms with Gasteiger partial charge >= 0.3 is 0 Å². The van der Waals surface area contributed by atoms with Crippen molar-refractivity contribution >= 4 is 0 Å².